The molecule has 0 aliphatic carbocycles. The Hall–Kier alpha value is -2.44. The van der Waals surface area contributed by atoms with E-state index in [0.717, 1.165) is 30.5 Å². The van der Waals surface area contributed by atoms with Crippen molar-refractivity contribution in [1.29, 1.82) is 0 Å². The summed E-state index contributed by atoms with van der Waals surface area (Å²) in [4.78, 5) is 5.10. The van der Waals surface area contributed by atoms with Crippen molar-refractivity contribution in [3.8, 4) is 5.75 Å². The number of nitrogens with one attached hydrogen (secondary N) is 1. The molecule has 1 heterocycles. The van der Waals surface area contributed by atoms with Crippen LogP contribution < -0.4 is 9.46 Å². The zero-order valence-corrected chi connectivity index (χ0v) is 18.0. The first-order valence-electron chi connectivity index (χ1n) is 9.94. The third kappa shape index (κ3) is 5.14. The molecule has 0 saturated heterocycles. The summed E-state index contributed by atoms with van der Waals surface area (Å²) in [6.07, 6.45) is 2.60. The van der Waals surface area contributed by atoms with E-state index < -0.39 is 10.0 Å². The van der Waals surface area contributed by atoms with Crippen molar-refractivity contribution in [2.45, 2.75) is 43.9 Å². The minimum absolute atomic E-state index is 0.247. The van der Waals surface area contributed by atoms with Crippen LogP contribution >= 0.6 is 0 Å². The minimum atomic E-state index is -3.51. The molecule has 0 spiro atoms. The zero-order valence-electron chi connectivity index (χ0n) is 17.2. The Morgan fingerprint density at radius 2 is 1.83 bits per heavy atom. The van der Waals surface area contributed by atoms with Crippen LogP contribution in [0.15, 0.2) is 59.5 Å². The monoisotopic (exact) mass is 412 g/mol. The van der Waals surface area contributed by atoms with Crippen molar-refractivity contribution >= 4 is 20.9 Å². The highest BCUT2D eigenvalue weighted by Gasteiger charge is 2.16. The fourth-order valence-electron chi connectivity index (χ4n) is 3.54. The fourth-order valence-corrected chi connectivity index (χ4v) is 4.61. The van der Waals surface area contributed by atoms with Crippen molar-refractivity contribution in [3.05, 3.63) is 65.9 Å². The summed E-state index contributed by atoms with van der Waals surface area (Å²) in [6.45, 7) is 4.67. The second kappa shape index (κ2) is 9.37. The minimum Gasteiger partial charge on any atom is -0.497 e. The van der Waals surface area contributed by atoms with Crippen LogP contribution in [0.4, 0.5) is 0 Å². The van der Waals surface area contributed by atoms with Gasteiger partial charge in [0.2, 0.25) is 10.0 Å². The molecule has 1 aromatic heterocycles. The van der Waals surface area contributed by atoms with Gasteiger partial charge in [-0.05, 0) is 68.1 Å². The van der Waals surface area contributed by atoms with Crippen LogP contribution in [-0.2, 0) is 10.0 Å². The summed E-state index contributed by atoms with van der Waals surface area (Å²) < 4.78 is 32.7. The number of benzene rings is 2. The van der Waals surface area contributed by atoms with Crippen molar-refractivity contribution in [1.82, 2.24) is 9.71 Å². The lowest BCUT2D eigenvalue weighted by molar-refractivity contribution is 0.414. The maximum Gasteiger partial charge on any atom is 0.240 e. The number of sulfonamides is 1. The molecule has 0 aliphatic heterocycles. The lowest BCUT2D eigenvalue weighted by atomic mass is 9.94. The van der Waals surface area contributed by atoms with Gasteiger partial charge in [0, 0.05) is 23.5 Å². The Bertz CT molecular complexity index is 1060. The smallest absolute Gasteiger partial charge is 0.240 e. The molecule has 3 rings (SSSR count). The van der Waals surface area contributed by atoms with E-state index in [9.17, 15) is 8.42 Å². The SMILES string of the molecule is CCC(CCCNS(=O)(=O)c1ccc(OC)cc1)c1cc(C)c2ccccc2n1. The average molecular weight is 413 g/mol. The molecular formula is C23H28N2O3S. The highest BCUT2D eigenvalue weighted by molar-refractivity contribution is 7.89. The van der Waals surface area contributed by atoms with E-state index in [4.69, 9.17) is 9.72 Å². The lowest BCUT2D eigenvalue weighted by Crippen LogP contribution is -2.25. The van der Waals surface area contributed by atoms with Crippen LogP contribution in [0.2, 0.25) is 0 Å². The number of aromatic nitrogens is 1. The number of methoxy groups -OCH3 is 1. The van der Waals surface area contributed by atoms with Gasteiger partial charge in [-0.2, -0.15) is 0 Å². The van der Waals surface area contributed by atoms with E-state index in [1.807, 2.05) is 18.2 Å². The molecule has 154 valence electrons. The number of hydrogen-bond donors (Lipinski definition) is 1. The Kier molecular flexibility index (Phi) is 6.87. The summed E-state index contributed by atoms with van der Waals surface area (Å²) >= 11 is 0. The average Bonchev–Trinajstić information content (AvgIpc) is 2.74. The van der Waals surface area contributed by atoms with Gasteiger partial charge in [-0.15, -0.1) is 0 Å². The quantitative estimate of drug-likeness (QED) is 0.513. The molecule has 6 heteroatoms. The molecule has 0 aliphatic rings. The van der Waals surface area contributed by atoms with E-state index in [2.05, 4.69) is 30.7 Å². The topological polar surface area (TPSA) is 68.3 Å². The standard InChI is InChI=1S/C23H28N2O3S/c1-4-18(23-16-17(2)21-9-5-6-10-22(21)25-23)8-7-15-24-29(26,27)20-13-11-19(28-3)12-14-20/h5-6,9-14,16,18,24H,4,7-8,15H2,1-3H3. The molecular weight excluding hydrogens is 384 g/mol. The number of ether oxygens (including phenoxy) is 1. The van der Waals surface area contributed by atoms with Gasteiger partial charge in [-0.3, -0.25) is 4.98 Å². The number of fused-ring (bicyclic) bond motifs is 1. The fraction of sp³-hybridized carbons (Fsp3) is 0.348. The van der Waals surface area contributed by atoms with Crippen molar-refractivity contribution in [2.75, 3.05) is 13.7 Å². The van der Waals surface area contributed by atoms with Gasteiger partial charge in [-0.25, -0.2) is 13.1 Å². The first-order chi connectivity index (χ1) is 13.9. The highest BCUT2D eigenvalue weighted by Crippen LogP contribution is 2.27. The van der Waals surface area contributed by atoms with Gasteiger partial charge in [0.15, 0.2) is 0 Å². The van der Waals surface area contributed by atoms with E-state index in [0.29, 0.717) is 18.2 Å². The molecule has 2 aromatic carbocycles. The number of para-hydroxylation sites is 1. The molecule has 5 nitrogen and oxygen atoms in total. The first-order valence-corrected chi connectivity index (χ1v) is 11.4. The number of hydrogen-bond acceptors (Lipinski definition) is 4. The summed E-state index contributed by atoms with van der Waals surface area (Å²) in [5, 5.41) is 1.18. The molecule has 1 unspecified atom stereocenters. The largest absolute Gasteiger partial charge is 0.497 e. The summed E-state index contributed by atoms with van der Waals surface area (Å²) in [5.74, 6) is 0.941. The van der Waals surface area contributed by atoms with Gasteiger partial charge >= 0.3 is 0 Å². The van der Waals surface area contributed by atoms with Crippen LogP contribution in [0.1, 0.15) is 43.4 Å². The summed E-state index contributed by atoms with van der Waals surface area (Å²) in [5.41, 5.74) is 3.33. The van der Waals surface area contributed by atoms with Crippen molar-refractivity contribution in [2.24, 2.45) is 0 Å². The molecule has 0 saturated carbocycles. The van der Waals surface area contributed by atoms with Crippen molar-refractivity contribution in [3.63, 3.8) is 0 Å². The molecule has 1 atom stereocenters. The van der Waals surface area contributed by atoms with Gasteiger partial charge in [0.25, 0.3) is 0 Å². The molecule has 3 aromatic rings. The van der Waals surface area contributed by atoms with E-state index >= 15 is 0 Å². The lowest BCUT2D eigenvalue weighted by Gasteiger charge is -2.16. The normalized spacial score (nSPS) is 12.8. The number of rotatable bonds is 9. The maximum atomic E-state index is 12.4. The van der Waals surface area contributed by atoms with E-state index in [1.165, 1.54) is 10.9 Å². The van der Waals surface area contributed by atoms with Gasteiger partial charge < -0.3 is 4.74 Å². The van der Waals surface area contributed by atoms with Crippen LogP contribution in [0.25, 0.3) is 10.9 Å². The molecule has 0 amide bonds. The third-order valence-electron chi connectivity index (χ3n) is 5.25. The Balaban J connectivity index is 1.61. The zero-order chi connectivity index (χ0) is 20.9. The second-order valence-corrected chi connectivity index (χ2v) is 8.97. The van der Waals surface area contributed by atoms with Crippen LogP contribution in [0.5, 0.6) is 5.75 Å². The number of aryl methyl sites for hydroxylation is 1. The van der Waals surface area contributed by atoms with Crippen LogP contribution in [0, 0.1) is 6.92 Å². The third-order valence-corrected chi connectivity index (χ3v) is 6.72. The van der Waals surface area contributed by atoms with Crippen LogP contribution in [-0.4, -0.2) is 27.1 Å². The molecule has 29 heavy (non-hydrogen) atoms. The van der Waals surface area contributed by atoms with Gasteiger partial charge in [0.05, 0.1) is 17.5 Å². The second-order valence-electron chi connectivity index (χ2n) is 7.20. The molecule has 1 N–H and O–H groups in total. The van der Waals surface area contributed by atoms with E-state index in [1.54, 1.807) is 31.4 Å². The number of nitrogens with zero attached hydrogens (tertiary/aromatic N) is 1. The van der Waals surface area contributed by atoms with Gasteiger partial charge in [0.1, 0.15) is 5.75 Å². The Morgan fingerprint density at radius 1 is 1.10 bits per heavy atom. The first kappa shape index (κ1) is 21.3. The summed E-state index contributed by atoms with van der Waals surface area (Å²) in [6, 6.07) is 16.7. The predicted molar refractivity (Wildman–Crippen MR) is 117 cm³/mol. The highest BCUT2D eigenvalue weighted by atomic mass is 32.2. The van der Waals surface area contributed by atoms with Crippen LogP contribution in [0.3, 0.4) is 0 Å². The number of pyridine rings is 1. The Labute approximate surface area is 173 Å². The molecule has 0 fully saturated rings. The molecule has 0 bridgehead atoms. The Morgan fingerprint density at radius 3 is 2.52 bits per heavy atom. The molecule has 0 radical (unpaired) electrons. The predicted octanol–water partition coefficient (Wildman–Crippen LogP) is 4.80. The van der Waals surface area contributed by atoms with Crippen molar-refractivity contribution < 1.29 is 13.2 Å². The maximum absolute atomic E-state index is 12.4. The summed E-state index contributed by atoms with van der Waals surface area (Å²) in [7, 11) is -1.96. The van der Waals surface area contributed by atoms with E-state index in [-0.39, 0.29) is 4.90 Å². The van der Waals surface area contributed by atoms with Gasteiger partial charge in [-0.1, -0.05) is 25.1 Å².